The van der Waals surface area contributed by atoms with Crippen molar-refractivity contribution in [3.8, 4) is 28.4 Å². The second-order valence-corrected chi connectivity index (χ2v) is 9.12. The summed E-state index contributed by atoms with van der Waals surface area (Å²) in [5, 5.41) is 4.47. The van der Waals surface area contributed by atoms with Crippen LogP contribution in [0.4, 0.5) is 5.82 Å². The number of methoxy groups -OCH3 is 2. The van der Waals surface area contributed by atoms with Crippen molar-refractivity contribution in [2.45, 2.75) is 32.7 Å². The highest BCUT2D eigenvalue weighted by Gasteiger charge is 2.22. The molecule has 1 heterocycles. The van der Waals surface area contributed by atoms with Crippen molar-refractivity contribution in [1.29, 1.82) is 0 Å². The molecule has 1 aliphatic carbocycles. The lowest BCUT2D eigenvalue weighted by Gasteiger charge is -2.18. The highest BCUT2D eigenvalue weighted by atomic mass is 16.5. The largest absolute Gasteiger partial charge is 0.493 e. The number of hydrogen-bond acceptors (Lipinski definition) is 6. The van der Waals surface area contributed by atoms with Crippen molar-refractivity contribution < 1.29 is 14.2 Å². The molecule has 1 fully saturated rings. The molecule has 0 spiro atoms. The van der Waals surface area contributed by atoms with Crippen LogP contribution in [0.1, 0.15) is 37.2 Å². The molecule has 0 saturated heterocycles. The Hall–Kier alpha value is -3.80. The van der Waals surface area contributed by atoms with Crippen LogP contribution in [-0.4, -0.2) is 30.8 Å². The third-order valence-electron chi connectivity index (χ3n) is 6.40. The van der Waals surface area contributed by atoms with E-state index in [1.165, 1.54) is 12.8 Å². The standard InChI is InChI=1S/C29H31N3O3/c1-18(30-29-25-15-27(33-3)28(34-4)16-26(25)31-19(2)32-29)21-7-5-8-22(13-21)23-9-6-10-24(14-23)35-17-20-11-12-20/h5-10,13-16,18,20H,11-12,17H2,1-4H3,(H,30,31,32). The Kier molecular flexibility index (Phi) is 6.45. The van der Waals surface area contributed by atoms with Gasteiger partial charge in [-0.25, -0.2) is 9.97 Å². The number of benzene rings is 3. The van der Waals surface area contributed by atoms with Crippen LogP contribution in [-0.2, 0) is 0 Å². The number of anilines is 1. The quantitative estimate of drug-likeness (QED) is 0.298. The van der Waals surface area contributed by atoms with Crippen LogP contribution in [0, 0.1) is 12.8 Å². The highest BCUT2D eigenvalue weighted by molar-refractivity contribution is 5.92. The van der Waals surface area contributed by atoms with Gasteiger partial charge in [-0.3, -0.25) is 0 Å². The van der Waals surface area contributed by atoms with E-state index in [1.54, 1.807) is 14.2 Å². The lowest BCUT2D eigenvalue weighted by atomic mass is 10.00. The van der Waals surface area contributed by atoms with Crippen molar-refractivity contribution in [3.05, 3.63) is 72.1 Å². The molecule has 5 rings (SSSR count). The maximum absolute atomic E-state index is 5.99. The molecular formula is C29H31N3O3. The molecular weight excluding hydrogens is 438 g/mol. The number of aromatic nitrogens is 2. The molecule has 0 bridgehead atoms. The minimum atomic E-state index is 0.0230. The molecule has 1 N–H and O–H groups in total. The van der Waals surface area contributed by atoms with Gasteiger partial charge in [-0.1, -0.05) is 30.3 Å². The van der Waals surface area contributed by atoms with Gasteiger partial charge in [-0.15, -0.1) is 0 Å². The molecule has 1 atom stereocenters. The highest BCUT2D eigenvalue weighted by Crippen LogP contribution is 2.35. The number of fused-ring (bicyclic) bond motifs is 1. The molecule has 1 unspecified atom stereocenters. The van der Waals surface area contributed by atoms with Crippen molar-refractivity contribution >= 4 is 16.7 Å². The Labute approximate surface area is 206 Å². The Morgan fingerprint density at radius 2 is 1.63 bits per heavy atom. The van der Waals surface area contributed by atoms with E-state index >= 15 is 0 Å². The van der Waals surface area contributed by atoms with Gasteiger partial charge in [0, 0.05) is 17.5 Å². The van der Waals surface area contributed by atoms with Gasteiger partial charge in [0.05, 0.1) is 26.3 Å². The second-order valence-electron chi connectivity index (χ2n) is 9.12. The van der Waals surface area contributed by atoms with E-state index in [1.807, 2.05) is 25.1 Å². The minimum absolute atomic E-state index is 0.0230. The van der Waals surface area contributed by atoms with Gasteiger partial charge in [0.25, 0.3) is 0 Å². The summed E-state index contributed by atoms with van der Waals surface area (Å²) in [7, 11) is 3.26. The van der Waals surface area contributed by atoms with E-state index in [9.17, 15) is 0 Å². The number of nitrogens with zero attached hydrogens (tertiary/aromatic N) is 2. The minimum Gasteiger partial charge on any atom is -0.493 e. The molecule has 4 aromatic rings. The molecule has 35 heavy (non-hydrogen) atoms. The van der Waals surface area contributed by atoms with Crippen molar-refractivity contribution in [1.82, 2.24) is 9.97 Å². The molecule has 1 saturated carbocycles. The van der Waals surface area contributed by atoms with Crippen LogP contribution < -0.4 is 19.5 Å². The molecule has 0 radical (unpaired) electrons. The summed E-state index contributed by atoms with van der Waals surface area (Å²) in [6.07, 6.45) is 2.57. The fourth-order valence-corrected chi connectivity index (χ4v) is 4.22. The normalized spacial score (nSPS) is 13.9. The summed E-state index contributed by atoms with van der Waals surface area (Å²) in [6.45, 7) is 4.84. The Morgan fingerprint density at radius 1 is 0.914 bits per heavy atom. The van der Waals surface area contributed by atoms with Crippen LogP contribution >= 0.6 is 0 Å². The predicted molar refractivity (Wildman–Crippen MR) is 140 cm³/mol. The van der Waals surface area contributed by atoms with E-state index < -0.39 is 0 Å². The summed E-state index contributed by atoms with van der Waals surface area (Å²) >= 11 is 0. The van der Waals surface area contributed by atoms with Crippen molar-refractivity contribution in [2.24, 2.45) is 5.92 Å². The summed E-state index contributed by atoms with van der Waals surface area (Å²) in [6, 6.07) is 20.8. The van der Waals surface area contributed by atoms with Gasteiger partial charge in [0.15, 0.2) is 11.5 Å². The van der Waals surface area contributed by atoms with Crippen molar-refractivity contribution in [2.75, 3.05) is 26.1 Å². The smallest absolute Gasteiger partial charge is 0.162 e. The SMILES string of the molecule is COc1cc2nc(C)nc(NC(C)c3cccc(-c4cccc(OCC5CC5)c4)c3)c2cc1OC. The number of ether oxygens (including phenoxy) is 3. The average molecular weight is 470 g/mol. The number of rotatable bonds is 9. The number of aryl methyl sites for hydroxylation is 1. The number of hydrogen-bond donors (Lipinski definition) is 1. The fraction of sp³-hybridized carbons (Fsp3) is 0.310. The zero-order chi connectivity index (χ0) is 24.4. The molecule has 180 valence electrons. The average Bonchev–Trinajstić information content (AvgIpc) is 3.71. The van der Waals surface area contributed by atoms with Crippen LogP contribution in [0.2, 0.25) is 0 Å². The van der Waals surface area contributed by atoms with E-state index in [2.05, 4.69) is 59.7 Å². The van der Waals surface area contributed by atoms with Gasteiger partial charge in [0.1, 0.15) is 17.4 Å². The first-order valence-electron chi connectivity index (χ1n) is 12.0. The van der Waals surface area contributed by atoms with Crippen LogP contribution in [0.25, 0.3) is 22.0 Å². The zero-order valence-corrected chi connectivity index (χ0v) is 20.7. The molecule has 0 aliphatic heterocycles. The van der Waals surface area contributed by atoms with Crippen molar-refractivity contribution in [3.63, 3.8) is 0 Å². The van der Waals surface area contributed by atoms with Crippen LogP contribution in [0.3, 0.4) is 0 Å². The Balaban J connectivity index is 1.41. The Bertz CT molecular complexity index is 1350. The summed E-state index contributed by atoms with van der Waals surface area (Å²) in [5.41, 5.74) is 4.27. The first kappa shape index (κ1) is 23.0. The summed E-state index contributed by atoms with van der Waals surface area (Å²) in [5.74, 6) is 4.41. The third kappa shape index (κ3) is 5.16. The molecule has 0 amide bonds. The molecule has 6 nitrogen and oxygen atoms in total. The first-order chi connectivity index (χ1) is 17.0. The topological polar surface area (TPSA) is 65.5 Å². The van der Waals surface area contributed by atoms with Gasteiger partial charge in [-0.2, -0.15) is 0 Å². The number of nitrogens with one attached hydrogen (secondary N) is 1. The van der Waals surface area contributed by atoms with E-state index in [0.29, 0.717) is 17.3 Å². The zero-order valence-electron chi connectivity index (χ0n) is 20.7. The maximum atomic E-state index is 5.99. The lowest BCUT2D eigenvalue weighted by Crippen LogP contribution is -2.10. The van der Waals surface area contributed by atoms with Gasteiger partial charge in [-0.05, 0) is 73.6 Å². The summed E-state index contributed by atoms with van der Waals surface area (Å²) < 4.78 is 17.0. The maximum Gasteiger partial charge on any atom is 0.162 e. The van der Waals surface area contributed by atoms with Gasteiger partial charge >= 0.3 is 0 Å². The summed E-state index contributed by atoms with van der Waals surface area (Å²) in [4.78, 5) is 9.29. The van der Waals surface area contributed by atoms with E-state index in [0.717, 1.165) is 51.7 Å². The second kappa shape index (κ2) is 9.82. The lowest BCUT2D eigenvalue weighted by molar-refractivity contribution is 0.300. The Morgan fingerprint density at radius 3 is 2.37 bits per heavy atom. The van der Waals surface area contributed by atoms with E-state index in [-0.39, 0.29) is 6.04 Å². The molecule has 1 aromatic heterocycles. The van der Waals surface area contributed by atoms with Crippen LogP contribution in [0.15, 0.2) is 60.7 Å². The van der Waals surface area contributed by atoms with Gasteiger partial charge < -0.3 is 19.5 Å². The predicted octanol–water partition coefficient (Wildman–Crippen LogP) is 6.58. The fourth-order valence-electron chi connectivity index (χ4n) is 4.22. The third-order valence-corrected chi connectivity index (χ3v) is 6.40. The monoisotopic (exact) mass is 469 g/mol. The molecule has 6 heteroatoms. The van der Waals surface area contributed by atoms with Gasteiger partial charge in [0.2, 0.25) is 0 Å². The first-order valence-corrected chi connectivity index (χ1v) is 12.0. The molecule has 1 aliphatic rings. The van der Waals surface area contributed by atoms with Crippen LogP contribution in [0.5, 0.6) is 17.2 Å². The van der Waals surface area contributed by atoms with E-state index in [4.69, 9.17) is 19.2 Å². The molecule has 3 aromatic carbocycles.